The number of carbonyl (C=O) groups is 1. The van der Waals surface area contributed by atoms with Crippen LogP contribution in [0.5, 0.6) is 0 Å². The Balaban J connectivity index is 0.000000875. The van der Waals surface area contributed by atoms with E-state index in [4.69, 9.17) is 25.1 Å². The highest BCUT2D eigenvalue weighted by Gasteiger charge is 2.89. The lowest BCUT2D eigenvalue weighted by Crippen LogP contribution is -2.66. The molecule has 6 rings (SSSR count). The van der Waals surface area contributed by atoms with Crippen LogP contribution < -0.4 is 5.73 Å². The molecule has 292 valence electrons. The lowest BCUT2D eigenvalue weighted by molar-refractivity contribution is -0.255. The van der Waals surface area contributed by atoms with Crippen molar-refractivity contribution in [2.75, 3.05) is 13.2 Å². The van der Waals surface area contributed by atoms with E-state index in [0.29, 0.717) is 37.2 Å². The molecule has 50 heavy (non-hydrogen) atoms. The van der Waals surface area contributed by atoms with Crippen molar-refractivity contribution < 1.29 is 39.8 Å². The average Bonchev–Trinajstić information content (AvgIpc) is 3.51. The summed E-state index contributed by atoms with van der Waals surface area (Å²) in [7, 11) is 0. The molecular formula is C41H75NO8. The zero-order valence-electron chi connectivity index (χ0n) is 33.4. The molecule has 0 amide bonds. The molecule has 5 aliphatic carbocycles. The van der Waals surface area contributed by atoms with Gasteiger partial charge in [-0.2, -0.15) is 0 Å². The van der Waals surface area contributed by atoms with Gasteiger partial charge >= 0.3 is 0 Å². The Labute approximate surface area is 303 Å². The molecule has 9 nitrogen and oxygen atoms in total. The van der Waals surface area contributed by atoms with Crippen LogP contribution in [0.1, 0.15) is 147 Å². The fraction of sp³-hybridized carbons (Fsp3) is 0.976. The topological polar surface area (TPSA) is 163 Å². The molecule has 0 aromatic carbocycles. The second-order valence-corrected chi connectivity index (χ2v) is 18.9. The lowest BCUT2D eigenvalue weighted by Gasteiger charge is -2.65. The molecule has 2 spiro atoms. The first kappa shape index (κ1) is 41.9. The second-order valence-electron chi connectivity index (χ2n) is 18.9. The number of aliphatic hydroxyl groups excluding tert-OH is 2. The number of aliphatic hydroxyl groups is 4. The van der Waals surface area contributed by atoms with Crippen molar-refractivity contribution in [3.05, 3.63) is 0 Å². The predicted octanol–water partition coefficient (Wildman–Crippen LogP) is 6.52. The molecule has 9 heteroatoms. The van der Waals surface area contributed by atoms with Crippen LogP contribution in [0.3, 0.4) is 0 Å². The number of hydrogen-bond donors (Lipinski definition) is 6. The summed E-state index contributed by atoms with van der Waals surface area (Å²) in [5.41, 5.74) is 4.13. The van der Waals surface area contributed by atoms with Crippen molar-refractivity contribution in [3.8, 4) is 0 Å². The van der Waals surface area contributed by atoms with Crippen molar-refractivity contribution in [1.82, 2.24) is 0 Å². The van der Waals surface area contributed by atoms with Gasteiger partial charge in [-0.3, -0.25) is 4.79 Å². The standard InChI is InChI=1S/C37H65NO6.C2H4O2.C2H6/c1-22(10-9-15-31(3,4)41)29-30(40)37(42,21-38)34(8)26-12-11-25-32(5,6)27(44-28-20-24(39)14-19-43-28)13-16-35(25)23(2)36(26,35)18-17-33(29,34)7;1-2(3)4;1-2/h22-30,39-42H,9-21,38H2,1-8H3;1H3,(H,3,4);1-2H3/t22-,23-,24+,25?,26+,27+,28?,29?,30?,33-,34+,35?,36+,37?;;/m1../s1. The van der Waals surface area contributed by atoms with Gasteiger partial charge in [0.05, 0.1) is 30.5 Å². The molecule has 6 aliphatic rings. The van der Waals surface area contributed by atoms with Gasteiger partial charge in [-0.1, -0.05) is 68.2 Å². The van der Waals surface area contributed by atoms with E-state index in [9.17, 15) is 20.4 Å². The predicted molar refractivity (Wildman–Crippen MR) is 196 cm³/mol. The summed E-state index contributed by atoms with van der Waals surface area (Å²) >= 11 is 0. The first-order valence-corrected chi connectivity index (χ1v) is 20.1. The second kappa shape index (κ2) is 14.4. The Bertz CT molecular complexity index is 1190. The van der Waals surface area contributed by atoms with Crippen molar-refractivity contribution in [2.24, 2.45) is 62.4 Å². The van der Waals surface area contributed by atoms with E-state index < -0.39 is 28.7 Å². The first-order chi connectivity index (χ1) is 23.1. The molecule has 7 N–H and O–H groups in total. The SMILES string of the molecule is CC.CC(=O)O.C[C@H](CCCC(C)(C)O)C1C(O)C(O)(CN)[C@@]2(C)[C@@H]3CCC4C(C)(C)[C@@H](OC5C[C@@H](O)CCO5)CCC45[C@@H](C)[C@@]35CC[C@]12C. The summed E-state index contributed by atoms with van der Waals surface area (Å²) in [5, 5.41) is 52.9. The monoisotopic (exact) mass is 710 g/mol. The number of fused-ring (bicyclic) bond motifs is 2. The normalized spacial score (nSPS) is 47.8. The quantitative estimate of drug-likeness (QED) is 0.154. The van der Waals surface area contributed by atoms with Gasteiger partial charge in [0.2, 0.25) is 0 Å². The minimum Gasteiger partial charge on any atom is -0.481 e. The third kappa shape index (κ3) is 6.13. The largest absolute Gasteiger partial charge is 0.481 e. The Kier molecular flexibility index (Phi) is 12.1. The maximum atomic E-state index is 12.7. The highest BCUT2D eigenvalue weighted by molar-refractivity contribution is 5.63. The van der Waals surface area contributed by atoms with Gasteiger partial charge in [-0.25, -0.2) is 0 Å². The molecule has 0 aromatic rings. The number of carboxylic acids is 1. The van der Waals surface area contributed by atoms with Crippen LogP contribution in [0.4, 0.5) is 0 Å². The van der Waals surface area contributed by atoms with Crippen LogP contribution in [-0.2, 0) is 14.3 Å². The summed E-state index contributed by atoms with van der Waals surface area (Å²) in [4.78, 5) is 9.00. The van der Waals surface area contributed by atoms with E-state index >= 15 is 0 Å². The van der Waals surface area contributed by atoms with E-state index in [1.54, 1.807) is 0 Å². The average molecular weight is 710 g/mol. The molecule has 1 aliphatic heterocycles. The Hall–Kier alpha value is -0.810. The van der Waals surface area contributed by atoms with Gasteiger partial charge < -0.3 is 40.7 Å². The molecule has 0 bridgehead atoms. The van der Waals surface area contributed by atoms with Gasteiger partial charge in [0.1, 0.15) is 5.60 Å². The van der Waals surface area contributed by atoms with Gasteiger partial charge in [-0.05, 0) is 116 Å². The summed E-state index contributed by atoms with van der Waals surface area (Å²) in [6.45, 7) is 23.7. The number of rotatable bonds is 8. The van der Waals surface area contributed by atoms with Gasteiger partial charge in [-0.15, -0.1) is 0 Å². The zero-order valence-corrected chi connectivity index (χ0v) is 33.4. The maximum absolute atomic E-state index is 12.7. The van der Waals surface area contributed by atoms with Crippen LogP contribution >= 0.6 is 0 Å². The molecule has 6 fully saturated rings. The minimum absolute atomic E-state index is 0.0225. The number of aliphatic carboxylic acids is 1. The third-order valence-corrected chi connectivity index (χ3v) is 16.2. The first-order valence-electron chi connectivity index (χ1n) is 20.1. The van der Waals surface area contributed by atoms with Crippen LogP contribution in [0.25, 0.3) is 0 Å². The van der Waals surface area contributed by atoms with Crippen LogP contribution in [0, 0.1) is 56.7 Å². The molecule has 1 heterocycles. The fourth-order valence-electron chi connectivity index (χ4n) is 14.0. The van der Waals surface area contributed by atoms with Crippen molar-refractivity contribution >= 4 is 5.97 Å². The Morgan fingerprint density at radius 1 is 1.00 bits per heavy atom. The van der Waals surface area contributed by atoms with Gasteiger partial charge in [0, 0.05) is 25.3 Å². The minimum atomic E-state index is -1.33. The number of carboxylic acid groups (broad SMARTS) is 1. The van der Waals surface area contributed by atoms with Crippen molar-refractivity contribution in [1.29, 1.82) is 0 Å². The Morgan fingerprint density at radius 2 is 1.58 bits per heavy atom. The summed E-state index contributed by atoms with van der Waals surface area (Å²) in [6.07, 6.45) is 8.81. The molecular weight excluding hydrogens is 634 g/mol. The van der Waals surface area contributed by atoms with E-state index in [-0.39, 0.29) is 58.5 Å². The third-order valence-electron chi connectivity index (χ3n) is 16.2. The highest BCUT2D eigenvalue weighted by Crippen LogP contribution is 2.92. The molecule has 1 saturated heterocycles. The van der Waals surface area contributed by atoms with E-state index in [1.165, 1.54) is 0 Å². The van der Waals surface area contributed by atoms with Crippen molar-refractivity contribution in [2.45, 2.75) is 183 Å². The molecule has 0 aromatic heterocycles. The van der Waals surface area contributed by atoms with Crippen molar-refractivity contribution in [3.63, 3.8) is 0 Å². The van der Waals surface area contributed by atoms with Crippen LogP contribution in [-0.4, -0.2) is 80.5 Å². The van der Waals surface area contributed by atoms with E-state index in [2.05, 4.69) is 41.5 Å². The summed E-state index contributed by atoms with van der Waals surface area (Å²) < 4.78 is 12.6. The molecule has 5 saturated carbocycles. The molecule has 0 radical (unpaired) electrons. The van der Waals surface area contributed by atoms with Crippen LogP contribution in [0.2, 0.25) is 0 Å². The van der Waals surface area contributed by atoms with Gasteiger partial charge in [0.25, 0.3) is 5.97 Å². The fourth-order valence-corrected chi connectivity index (χ4v) is 14.0. The number of hydrogen-bond acceptors (Lipinski definition) is 8. The smallest absolute Gasteiger partial charge is 0.300 e. The maximum Gasteiger partial charge on any atom is 0.300 e. The zero-order chi connectivity index (χ0) is 37.9. The van der Waals surface area contributed by atoms with E-state index in [0.717, 1.165) is 64.7 Å². The van der Waals surface area contributed by atoms with Gasteiger partial charge in [0.15, 0.2) is 6.29 Å². The van der Waals surface area contributed by atoms with E-state index in [1.807, 2.05) is 27.7 Å². The summed E-state index contributed by atoms with van der Waals surface area (Å²) in [6, 6.07) is 0. The Morgan fingerprint density at radius 3 is 2.14 bits per heavy atom. The lowest BCUT2D eigenvalue weighted by atomic mass is 9.40. The summed E-state index contributed by atoms with van der Waals surface area (Å²) in [5.74, 6) is 0.746. The number of ether oxygens (including phenoxy) is 2. The number of nitrogens with two attached hydrogens (primary N) is 1. The molecule has 14 atom stereocenters. The highest BCUT2D eigenvalue weighted by atomic mass is 16.7. The molecule has 6 unspecified atom stereocenters. The van der Waals surface area contributed by atoms with Crippen LogP contribution in [0.15, 0.2) is 0 Å².